The van der Waals surface area contributed by atoms with Gasteiger partial charge in [0.25, 0.3) is 5.91 Å². The van der Waals surface area contributed by atoms with Crippen molar-refractivity contribution in [3.8, 4) is 0 Å². The number of nitrogens with one attached hydrogen (secondary N) is 2. The average molecular weight is 408 g/mol. The van der Waals surface area contributed by atoms with Crippen molar-refractivity contribution >= 4 is 44.9 Å². The summed E-state index contributed by atoms with van der Waals surface area (Å²) in [4.78, 5) is 27.1. The number of nitrogens with zero attached hydrogens (tertiary/aromatic N) is 1. The Kier molecular flexibility index (Phi) is 5.20. The molecule has 0 radical (unpaired) electrons. The molecule has 0 aliphatic heterocycles. The third kappa shape index (κ3) is 4.58. The Hall–Kier alpha value is -1.86. The van der Waals surface area contributed by atoms with Crippen molar-refractivity contribution in [3.63, 3.8) is 0 Å². The van der Waals surface area contributed by atoms with Gasteiger partial charge in [-0.2, -0.15) is 0 Å². The molecule has 7 heteroatoms. The van der Waals surface area contributed by atoms with E-state index in [0.717, 1.165) is 22.2 Å². The van der Waals surface area contributed by atoms with Crippen LogP contribution >= 0.6 is 27.3 Å². The van der Waals surface area contributed by atoms with Crippen molar-refractivity contribution < 1.29 is 9.59 Å². The van der Waals surface area contributed by atoms with Crippen LogP contribution in [-0.2, 0) is 6.54 Å². The van der Waals surface area contributed by atoms with Crippen molar-refractivity contribution in [1.29, 1.82) is 0 Å². The molecule has 3 rings (SSSR count). The number of carbonyl (C=O) groups is 2. The van der Waals surface area contributed by atoms with Gasteiger partial charge in [-0.1, -0.05) is 6.07 Å². The smallest absolute Gasteiger partial charge is 0.319 e. The second-order valence-corrected chi connectivity index (χ2v) is 7.76. The highest BCUT2D eigenvalue weighted by atomic mass is 79.9. The van der Waals surface area contributed by atoms with Crippen LogP contribution in [0.1, 0.15) is 28.1 Å². The lowest BCUT2D eigenvalue weighted by Gasteiger charge is -2.17. The fraction of sp³-hybridized carbons (Fsp3) is 0.294. The molecule has 1 saturated carbocycles. The molecule has 0 saturated heterocycles. The lowest BCUT2D eigenvalue weighted by Crippen LogP contribution is -2.30. The molecule has 0 atom stereocenters. The Morgan fingerprint density at radius 3 is 2.79 bits per heavy atom. The highest BCUT2D eigenvalue weighted by molar-refractivity contribution is 9.10. The van der Waals surface area contributed by atoms with Crippen molar-refractivity contribution in [2.75, 3.05) is 12.4 Å². The monoisotopic (exact) mass is 407 g/mol. The van der Waals surface area contributed by atoms with Gasteiger partial charge in [0.1, 0.15) is 0 Å². The van der Waals surface area contributed by atoms with Gasteiger partial charge in [-0.25, -0.2) is 4.79 Å². The van der Waals surface area contributed by atoms with E-state index in [2.05, 4.69) is 26.6 Å². The lowest BCUT2D eigenvalue weighted by atomic mass is 10.1. The van der Waals surface area contributed by atoms with Crippen molar-refractivity contribution in [2.45, 2.75) is 25.4 Å². The van der Waals surface area contributed by atoms with Gasteiger partial charge in [0.15, 0.2) is 0 Å². The first kappa shape index (κ1) is 17.0. The molecule has 1 aliphatic rings. The molecule has 0 bridgehead atoms. The molecule has 5 nitrogen and oxygen atoms in total. The zero-order chi connectivity index (χ0) is 17.1. The lowest BCUT2D eigenvalue weighted by molar-refractivity contribution is 0.0786. The normalized spacial score (nSPS) is 13.4. The summed E-state index contributed by atoms with van der Waals surface area (Å²) in [5.41, 5.74) is 1.17. The van der Waals surface area contributed by atoms with E-state index in [-0.39, 0.29) is 11.9 Å². The highest BCUT2D eigenvalue weighted by Crippen LogP contribution is 2.22. The van der Waals surface area contributed by atoms with Gasteiger partial charge in [-0.05, 0) is 53.0 Å². The second kappa shape index (κ2) is 7.36. The molecule has 0 unspecified atom stereocenters. The molecule has 126 valence electrons. The highest BCUT2D eigenvalue weighted by Gasteiger charge is 2.23. The summed E-state index contributed by atoms with van der Waals surface area (Å²) in [6.07, 6.45) is 2.07. The topological polar surface area (TPSA) is 61.4 Å². The molecular formula is C17H18BrN3O2S. The van der Waals surface area contributed by atoms with Crippen LogP contribution in [0.3, 0.4) is 0 Å². The predicted octanol–water partition coefficient (Wildman–Crippen LogP) is 4.07. The largest absolute Gasteiger partial charge is 0.337 e. The van der Waals surface area contributed by atoms with Crippen LogP contribution in [0.15, 0.2) is 40.2 Å². The molecule has 2 aromatic rings. The number of amides is 3. The number of halogens is 1. The first-order chi connectivity index (χ1) is 11.5. The number of thiophene rings is 1. The van der Waals surface area contributed by atoms with E-state index in [1.165, 1.54) is 0 Å². The van der Waals surface area contributed by atoms with Gasteiger partial charge in [0.05, 0.1) is 6.54 Å². The van der Waals surface area contributed by atoms with Crippen molar-refractivity contribution in [3.05, 3.63) is 50.6 Å². The standard InChI is InChI=1S/C17H18BrN3O2S/c1-21(9-15-8-12(18)10-24-15)16(22)11-3-2-4-14(7-11)20-17(23)19-13-5-6-13/h2-4,7-8,10,13H,5-6,9H2,1H3,(H2,19,20,23). The quantitative estimate of drug-likeness (QED) is 0.784. The van der Waals surface area contributed by atoms with E-state index in [0.29, 0.717) is 23.8 Å². The number of benzene rings is 1. The van der Waals surface area contributed by atoms with Crippen LogP contribution in [0, 0.1) is 0 Å². The molecule has 1 aliphatic carbocycles. The third-order valence-electron chi connectivity index (χ3n) is 3.64. The maximum Gasteiger partial charge on any atom is 0.319 e. The van der Waals surface area contributed by atoms with Crippen LogP contribution in [0.5, 0.6) is 0 Å². The fourth-order valence-corrected chi connectivity index (χ4v) is 3.78. The maximum absolute atomic E-state index is 12.6. The van der Waals surface area contributed by atoms with Crippen LogP contribution in [0.25, 0.3) is 0 Å². The number of urea groups is 1. The van der Waals surface area contributed by atoms with Gasteiger partial charge in [-0.3, -0.25) is 4.79 Å². The Labute approximate surface area is 153 Å². The number of hydrogen-bond donors (Lipinski definition) is 2. The van der Waals surface area contributed by atoms with Gasteiger partial charge < -0.3 is 15.5 Å². The molecule has 1 heterocycles. The number of anilines is 1. The Morgan fingerprint density at radius 2 is 2.12 bits per heavy atom. The van der Waals surface area contributed by atoms with E-state index in [9.17, 15) is 9.59 Å². The van der Waals surface area contributed by atoms with Crippen LogP contribution < -0.4 is 10.6 Å². The van der Waals surface area contributed by atoms with E-state index in [1.807, 2.05) is 11.4 Å². The summed E-state index contributed by atoms with van der Waals surface area (Å²) in [5, 5.41) is 7.63. The second-order valence-electron chi connectivity index (χ2n) is 5.85. The molecule has 2 N–H and O–H groups in total. The van der Waals surface area contributed by atoms with Gasteiger partial charge >= 0.3 is 6.03 Å². The van der Waals surface area contributed by atoms with Gasteiger partial charge in [0.2, 0.25) is 0 Å². The van der Waals surface area contributed by atoms with Crippen LogP contribution in [0.4, 0.5) is 10.5 Å². The van der Waals surface area contributed by atoms with Crippen LogP contribution in [0.2, 0.25) is 0 Å². The SMILES string of the molecule is CN(Cc1cc(Br)cs1)C(=O)c1cccc(NC(=O)NC2CC2)c1. The fourth-order valence-electron chi connectivity index (χ4n) is 2.27. The third-order valence-corrected chi connectivity index (χ3v) is 5.32. The first-order valence-corrected chi connectivity index (χ1v) is 9.34. The first-order valence-electron chi connectivity index (χ1n) is 7.67. The molecule has 1 aromatic carbocycles. The zero-order valence-electron chi connectivity index (χ0n) is 13.2. The van der Waals surface area contributed by atoms with E-state index >= 15 is 0 Å². The minimum Gasteiger partial charge on any atom is -0.337 e. The molecule has 24 heavy (non-hydrogen) atoms. The van der Waals surface area contributed by atoms with Gasteiger partial charge in [0, 0.05) is 39.1 Å². The minimum atomic E-state index is -0.223. The molecular weight excluding hydrogens is 390 g/mol. The predicted molar refractivity (Wildman–Crippen MR) is 99.4 cm³/mol. The number of carbonyl (C=O) groups excluding carboxylic acids is 2. The van der Waals surface area contributed by atoms with Gasteiger partial charge in [-0.15, -0.1) is 11.3 Å². The number of hydrogen-bond acceptors (Lipinski definition) is 3. The summed E-state index contributed by atoms with van der Waals surface area (Å²) < 4.78 is 1.02. The maximum atomic E-state index is 12.6. The summed E-state index contributed by atoms with van der Waals surface area (Å²) in [5.74, 6) is -0.0780. The number of rotatable bonds is 5. The van der Waals surface area contributed by atoms with Crippen LogP contribution in [-0.4, -0.2) is 29.9 Å². The van der Waals surface area contributed by atoms with E-state index in [1.54, 1.807) is 47.5 Å². The Balaban J connectivity index is 1.63. The molecule has 1 fully saturated rings. The van der Waals surface area contributed by atoms with Crippen molar-refractivity contribution in [1.82, 2.24) is 10.2 Å². The molecule has 0 spiro atoms. The summed E-state index contributed by atoms with van der Waals surface area (Å²) in [6.45, 7) is 0.551. The minimum absolute atomic E-state index is 0.0780. The Bertz CT molecular complexity index is 758. The van der Waals surface area contributed by atoms with E-state index < -0.39 is 0 Å². The molecule has 3 amide bonds. The summed E-state index contributed by atoms with van der Waals surface area (Å²) in [6, 6.07) is 9.09. The zero-order valence-corrected chi connectivity index (χ0v) is 15.6. The molecule has 1 aromatic heterocycles. The van der Waals surface area contributed by atoms with Crippen molar-refractivity contribution in [2.24, 2.45) is 0 Å². The average Bonchev–Trinajstić information content (AvgIpc) is 3.26. The summed E-state index contributed by atoms with van der Waals surface area (Å²) in [7, 11) is 1.77. The Morgan fingerprint density at radius 1 is 1.33 bits per heavy atom. The summed E-state index contributed by atoms with van der Waals surface area (Å²) >= 11 is 5.03. The van der Waals surface area contributed by atoms with E-state index in [4.69, 9.17) is 0 Å².